The zero-order valence-corrected chi connectivity index (χ0v) is 28.0. The van der Waals surface area contributed by atoms with Crippen LogP contribution in [0.4, 0.5) is 5.69 Å². The normalized spacial score (nSPS) is 19.5. The van der Waals surface area contributed by atoms with Crippen LogP contribution in [-0.2, 0) is 25.8 Å². The number of hydrogen-bond donors (Lipinski definition) is 0. The average Bonchev–Trinajstić information content (AvgIpc) is 3.02. The summed E-state index contributed by atoms with van der Waals surface area (Å²) in [4.78, 5) is 9.28. The van der Waals surface area contributed by atoms with E-state index in [2.05, 4.69) is 51.2 Å². The van der Waals surface area contributed by atoms with Gasteiger partial charge in [-0.2, -0.15) is 0 Å². The first-order valence-electron chi connectivity index (χ1n) is 15.4. The molecule has 4 rings (SSSR count). The van der Waals surface area contributed by atoms with Gasteiger partial charge in [-0.1, -0.05) is 55.4 Å². The topological polar surface area (TPSA) is 33.5 Å². The molecule has 4 nitrogen and oxygen atoms in total. The third kappa shape index (κ3) is 12.8. The molecule has 0 radical (unpaired) electrons. The first-order chi connectivity index (χ1) is 18.7. The Kier molecular flexibility index (Phi) is 20.6. The number of pyridine rings is 1. The van der Waals surface area contributed by atoms with Gasteiger partial charge in [0.2, 0.25) is 0 Å². The van der Waals surface area contributed by atoms with E-state index in [0.717, 1.165) is 38.3 Å². The van der Waals surface area contributed by atoms with Crippen molar-refractivity contribution >= 4 is 9.59 Å². The standard InChI is InChI=1S/C24H31N4.4C2H6.W/c1-27-15-17-28(18-16-27)23-11-9-22(10-12-23)26-24-13-14-25-19-21(24)8-7-20-5-3-2-4-6-20;4*1-2;/h2-6,13-14,19,22-23H,7,9-12,15-18H2,1H3;4*1-2H3;/q-1;;;;;/i1D;;;;;. The van der Waals surface area contributed by atoms with Gasteiger partial charge in [-0.05, 0) is 7.02 Å². The van der Waals surface area contributed by atoms with Gasteiger partial charge in [0.1, 0.15) is 0 Å². The van der Waals surface area contributed by atoms with Crippen molar-refractivity contribution < 1.29 is 20.7 Å². The van der Waals surface area contributed by atoms with E-state index in [1.807, 2.05) is 67.8 Å². The molecule has 0 bridgehead atoms. The van der Waals surface area contributed by atoms with Crippen LogP contribution in [0.3, 0.4) is 0 Å². The van der Waals surface area contributed by atoms with Crippen LogP contribution in [0.2, 0.25) is 0 Å². The Balaban J connectivity index is 0.00000157. The Morgan fingerprint density at radius 1 is 0.892 bits per heavy atom. The molecular formula is C32H55N4W-. The van der Waals surface area contributed by atoms with Crippen molar-refractivity contribution in [2.75, 3.05) is 33.2 Å². The number of hydrogen-bond acceptors (Lipinski definition) is 3. The van der Waals surface area contributed by atoms with E-state index >= 15 is 0 Å². The molecule has 0 unspecified atom stereocenters. The molecule has 210 valence electrons. The average molecular weight is 681 g/mol. The van der Waals surface area contributed by atoms with E-state index in [0.29, 0.717) is 19.1 Å². The molecular weight excluding hydrogens is 624 g/mol. The monoisotopic (exact) mass is 680 g/mol. The maximum absolute atomic E-state index is 7.54. The van der Waals surface area contributed by atoms with E-state index in [4.69, 9.17) is 6.69 Å². The van der Waals surface area contributed by atoms with E-state index in [-0.39, 0.29) is 0 Å². The maximum atomic E-state index is 7.54. The SMILES string of the molecule is CC.CC.CC.CC.[2H]CN1CCN(C2CCC([N-]c3ccncc3[C](=[W])Cc3ccccc3)CC2)CC1. The third-order valence-corrected chi connectivity index (χ3v) is 7.53. The summed E-state index contributed by atoms with van der Waals surface area (Å²) in [6, 6.07) is 13.9. The van der Waals surface area contributed by atoms with Crippen LogP contribution >= 0.6 is 0 Å². The Morgan fingerprint density at radius 3 is 2.05 bits per heavy atom. The predicted octanol–water partition coefficient (Wildman–Crippen LogP) is 8.06. The van der Waals surface area contributed by atoms with Crippen LogP contribution in [0, 0.1) is 0 Å². The molecule has 1 saturated carbocycles. The van der Waals surface area contributed by atoms with Gasteiger partial charge in [-0.25, -0.2) is 0 Å². The molecule has 1 aromatic heterocycles. The van der Waals surface area contributed by atoms with Crippen LogP contribution in [0.5, 0.6) is 0 Å². The molecule has 1 aliphatic heterocycles. The molecule has 2 aromatic rings. The van der Waals surface area contributed by atoms with E-state index in [9.17, 15) is 0 Å². The minimum atomic E-state index is 0.427. The summed E-state index contributed by atoms with van der Waals surface area (Å²) in [5.74, 6) is 0. The molecule has 37 heavy (non-hydrogen) atoms. The third-order valence-electron chi connectivity index (χ3n) is 6.22. The molecule has 5 heteroatoms. The van der Waals surface area contributed by atoms with Crippen LogP contribution in [0.15, 0.2) is 48.8 Å². The van der Waals surface area contributed by atoms with Crippen LogP contribution in [0.25, 0.3) is 5.32 Å². The predicted molar refractivity (Wildman–Crippen MR) is 162 cm³/mol. The molecule has 0 N–H and O–H groups in total. The zero-order chi connectivity index (χ0) is 28.8. The van der Waals surface area contributed by atoms with Gasteiger partial charge in [-0.3, -0.25) is 0 Å². The van der Waals surface area contributed by atoms with Crippen molar-refractivity contribution in [3.8, 4) is 0 Å². The first-order valence-corrected chi connectivity index (χ1v) is 16.2. The van der Waals surface area contributed by atoms with E-state index in [1.165, 1.54) is 60.1 Å². The molecule has 1 aromatic carbocycles. The second-order valence-electron chi connectivity index (χ2n) is 8.22. The van der Waals surface area contributed by atoms with Crippen molar-refractivity contribution in [1.82, 2.24) is 14.8 Å². The second-order valence-corrected chi connectivity index (χ2v) is 9.99. The van der Waals surface area contributed by atoms with Gasteiger partial charge in [0.15, 0.2) is 0 Å². The number of likely N-dealkylation sites (N-methyl/N-ethyl adjacent to an activating group) is 1. The van der Waals surface area contributed by atoms with Crippen molar-refractivity contribution in [3.63, 3.8) is 0 Å². The summed E-state index contributed by atoms with van der Waals surface area (Å²) in [5.41, 5.74) is 3.70. The fourth-order valence-electron chi connectivity index (χ4n) is 4.47. The number of rotatable bonds is 6. The Labute approximate surface area is 242 Å². The summed E-state index contributed by atoms with van der Waals surface area (Å²) >= 11 is 1.49. The number of aromatic nitrogens is 1. The summed E-state index contributed by atoms with van der Waals surface area (Å²) in [5, 5.41) is 5.19. The fourth-order valence-corrected chi connectivity index (χ4v) is 5.63. The molecule has 0 atom stereocenters. The second kappa shape index (κ2) is 22.6. The van der Waals surface area contributed by atoms with Gasteiger partial charge in [-0.15, -0.1) is 0 Å². The van der Waals surface area contributed by atoms with Crippen molar-refractivity contribution in [2.24, 2.45) is 0 Å². The van der Waals surface area contributed by atoms with Gasteiger partial charge in [0.05, 0.1) is 0 Å². The van der Waals surface area contributed by atoms with Crippen molar-refractivity contribution in [1.29, 1.82) is 0 Å². The Bertz CT molecular complexity index is 817. The van der Waals surface area contributed by atoms with Gasteiger partial charge in [0.25, 0.3) is 0 Å². The van der Waals surface area contributed by atoms with Crippen LogP contribution in [-0.4, -0.2) is 64.0 Å². The minimum absolute atomic E-state index is 0.427. The number of piperazine rings is 1. The Hall–Kier alpha value is -1.35. The van der Waals surface area contributed by atoms with Crippen molar-refractivity contribution in [3.05, 3.63) is 65.2 Å². The fraction of sp³-hybridized carbons (Fsp3) is 0.625. The zero-order valence-electron chi connectivity index (χ0n) is 26.0. The van der Waals surface area contributed by atoms with Gasteiger partial charge >= 0.3 is 179 Å². The van der Waals surface area contributed by atoms with Gasteiger partial charge < -0.3 is 0 Å². The molecule has 1 saturated heterocycles. The summed E-state index contributed by atoms with van der Waals surface area (Å²) in [6.07, 6.45) is 9.69. The van der Waals surface area contributed by atoms with Crippen molar-refractivity contribution in [2.45, 2.75) is 99.6 Å². The molecule has 0 amide bonds. The molecule has 2 aliphatic rings. The summed E-state index contributed by atoms with van der Waals surface area (Å²) in [6.45, 7) is 20.3. The summed E-state index contributed by atoms with van der Waals surface area (Å²) < 4.78 is 8.95. The van der Waals surface area contributed by atoms with E-state index < -0.39 is 0 Å². The number of nitrogens with zero attached hydrogens (tertiary/aromatic N) is 4. The van der Waals surface area contributed by atoms with Crippen LogP contribution in [0.1, 0.15) is 93.6 Å². The van der Waals surface area contributed by atoms with Gasteiger partial charge in [0, 0.05) is 1.37 Å². The van der Waals surface area contributed by atoms with Crippen LogP contribution < -0.4 is 0 Å². The molecule has 0 spiro atoms. The first kappa shape index (κ1) is 33.7. The van der Waals surface area contributed by atoms with E-state index in [1.54, 1.807) is 0 Å². The molecule has 1 aliphatic carbocycles. The Morgan fingerprint density at radius 2 is 1.49 bits per heavy atom. The quantitative estimate of drug-likeness (QED) is 0.310. The molecule has 2 fully saturated rings. The number of benzene rings is 1. The summed E-state index contributed by atoms with van der Waals surface area (Å²) in [7, 11) is 0.441. The molecule has 2 heterocycles.